The van der Waals surface area contributed by atoms with Crippen molar-refractivity contribution in [2.45, 2.75) is 110 Å². The maximum Gasteiger partial charge on any atom is 0.408 e. The molecule has 3 heterocycles. The maximum absolute atomic E-state index is 13.6. The van der Waals surface area contributed by atoms with Gasteiger partial charge in [-0.2, -0.15) is 4.98 Å². The lowest BCUT2D eigenvalue weighted by Gasteiger charge is -2.38. The van der Waals surface area contributed by atoms with E-state index in [9.17, 15) is 38.7 Å². The number of carboxylic acid groups (broad SMARTS) is 1. The van der Waals surface area contributed by atoms with E-state index >= 15 is 0 Å². The van der Waals surface area contributed by atoms with Gasteiger partial charge in [-0.3, -0.25) is 19.5 Å². The molecular formula is C39H57N9O10. The van der Waals surface area contributed by atoms with Crippen LogP contribution < -0.4 is 27.0 Å². The number of carbonyl (C=O) groups is 6. The van der Waals surface area contributed by atoms with Gasteiger partial charge in [-0.15, -0.1) is 0 Å². The quantitative estimate of drug-likeness (QED) is 0.247. The van der Waals surface area contributed by atoms with Gasteiger partial charge in [-0.1, -0.05) is 12.1 Å². The molecule has 1 aromatic carbocycles. The summed E-state index contributed by atoms with van der Waals surface area (Å²) in [4.78, 5) is 97.7. The number of alkyl carbamates (subject to hydrolysis) is 2. The normalized spacial score (nSPS) is 17.0. The zero-order valence-corrected chi connectivity index (χ0v) is 34.5. The molecule has 2 saturated heterocycles. The third-order valence-electron chi connectivity index (χ3n) is 9.25. The minimum Gasteiger partial charge on any atom is -0.465 e. The molecule has 0 saturated carbocycles. The van der Waals surface area contributed by atoms with Crippen LogP contribution >= 0.6 is 0 Å². The standard InChI is InChI=1S/C39H57N9O10/c1-37(2,3)57-35(55)40-26-10-9-17-45(18-15-26)30(49)28(41-34(53)54)24-25-11-13-27(14-12-25)48-19-16-29(43-33(48)52)42-32(51)47-22-20-46(21-23-47)31(50)39(7,8)44-36(56)58-38(4,5)6/h11-14,16,19,26,28,41H,9-10,15,17-18,20-24H2,1-8H3,(H,40,55)(H,44,56)(H,53,54)(H,42,43,51,52)/t26?,28-/m1/s1. The SMILES string of the molecule is CC(C)(C)OC(=O)NC1CCCN(C(=O)[C@@H](Cc2ccc(-n3ccc(NC(=O)N4CCN(C(=O)C(C)(C)NC(=O)OC(C)(C)C)CC4)nc3=O)cc2)NC(=O)O)CC1. The van der Waals surface area contributed by atoms with Crippen LogP contribution in [0.25, 0.3) is 5.69 Å². The van der Waals surface area contributed by atoms with Crippen LogP contribution in [-0.2, 0) is 25.5 Å². The fourth-order valence-corrected chi connectivity index (χ4v) is 6.51. The van der Waals surface area contributed by atoms with Gasteiger partial charge in [0.15, 0.2) is 0 Å². The van der Waals surface area contributed by atoms with Crippen LogP contribution in [0.15, 0.2) is 41.3 Å². The summed E-state index contributed by atoms with van der Waals surface area (Å²) in [7, 11) is 0. The number of hydrogen-bond donors (Lipinski definition) is 5. The van der Waals surface area contributed by atoms with Crippen LogP contribution in [0.2, 0.25) is 0 Å². The van der Waals surface area contributed by atoms with Crippen molar-refractivity contribution in [3.05, 3.63) is 52.6 Å². The minimum absolute atomic E-state index is 0.0330. The molecule has 58 heavy (non-hydrogen) atoms. The Kier molecular flexibility index (Phi) is 14.4. The van der Waals surface area contributed by atoms with Crippen LogP contribution in [0, 0.1) is 0 Å². The predicted octanol–water partition coefficient (Wildman–Crippen LogP) is 3.30. The van der Waals surface area contributed by atoms with Crippen molar-refractivity contribution in [2.75, 3.05) is 44.6 Å². The number of likely N-dealkylation sites (tertiary alicyclic amines) is 1. The number of benzene rings is 1. The number of anilines is 1. The monoisotopic (exact) mass is 811 g/mol. The predicted molar refractivity (Wildman–Crippen MR) is 213 cm³/mol. The molecule has 0 bridgehead atoms. The molecule has 2 aliphatic rings. The van der Waals surface area contributed by atoms with E-state index in [1.165, 1.54) is 21.7 Å². The number of amides is 7. The second-order valence-corrected chi connectivity index (χ2v) is 16.9. The molecule has 1 aromatic heterocycles. The lowest BCUT2D eigenvalue weighted by molar-refractivity contribution is -0.138. The molecular weight excluding hydrogens is 754 g/mol. The highest BCUT2D eigenvalue weighted by Gasteiger charge is 2.37. The Morgan fingerprint density at radius 2 is 1.40 bits per heavy atom. The van der Waals surface area contributed by atoms with Crippen molar-refractivity contribution < 1.29 is 43.3 Å². The Morgan fingerprint density at radius 3 is 1.98 bits per heavy atom. The summed E-state index contributed by atoms with van der Waals surface area (Å²) in [6.07, 6.45) is 0.678. The van der Waals surface area contributed by atoms with E-state index in [0.29, 0.717) is 43.6 Å². The number of aromatic nitrogens is 2. The Labute approximate surface area is 337 Å². The van der Waals surface area contributed by atoms with Gasteiger partial charge in [0, 0.05) is 57.9 Å². The zero-order valence-electron chi connectivity index (χ0n) is 34.5. The number of urea groups is 1. The van der Waals surface area contributed by atoms with Crippen LogP contribution in [0.5, 0.6) is 0 Å². The number of nitrogens with one attached hydrogen (secondary N) is 4. The summed E-state index contributed by atoms with van der Waals surface area (Å²) < 4.78 is 11.9. The smallest absolute Gasteiger partial charge is 0.408 e. The molecule has 0 radical (unpaired) electrons. The average Bonchev–Trinajstić information content (AvgIpc) is 3.34. The summed E-state index contributed by atoms with van der Waals surface area (Å²) in [5, 5.41) is 20.0. The topological polar surface area (TPSA) is 234 Å². The van der Waals surface area contributed by atoms with Crippen molar-refractivity contribution >= 4 is 41.9 Å². The lowest BCUT2D eigenvalue weighted by atomic mass is 10.0. The highest BCUT2D eigenvalue weighted by Crippen LogP contribution is 2.18. The van der Waals surface area contributed by atoms with E-state index in [0.717, 1.165) is 0 Å². The van der Waals surface area contributed by atoms with Gasteiger partial charge in [0.1, 0.15) is 28.6 Å². The van der Waals surface area contributed by atoms with Crippen molar-refractivity contribution in [3.63, 3.8) is 0 Å². The van der Waals surface area contributed by atoms with Crippen molar-refractivity contribution in [1.82, 2.24) is 40.2 Å². The lowest BCUT2D eigenvalue weighted by Crippen LogP contribution is -2.60. The van der Waals surface area contributed by atoms with Gasteiger partial charge in [0.25, 0.3) is 0 Å². The molecule has 2 aromatic rings. The third-order valence-corrected chi connectivity index (χ3v) is 9.25. The molecule has 1 unspecified atom stereocenters. The number of hydrogen-bond acceptors (Lipinski definition) is 10. The first-order valence-corrected chi connectivity index (χ1v) is 19.3. The molecule has 2 atom stereocenters. The zero-order chi connectivity index (χ0) is 43.0. The summed E-state index contributed by atoms with van der Waals surface area (Å²) in [5.74, 6) is -0.666. The second kappa shape index (κ2) is 18.6. The van der Waals surface area contributed by atoms with Gasteiger partial charge in [0.2, 0.25) is 11.8 Å². The van der Waals surface area contributed by atoms with E-state index in [-0.39, 0.29) is 56.3 Å². The average molecular weight is 812 g/mol. The first-order chi connectivity index (χ1) is 27.0. The Balaban J connectivity index is 1.31. The van der Waals surface area contributed by atoms with Gasteiger partial charge >= 0.3 is 30.0 Å². The molecule has 0 spiro atoms. The highest BCUT2D eigenvalue weighted by molar-refractivity contribution is 5.91. The number of carbonyl (C=O) groups excluding carboxylic acids is 5. The van der Waals surface area contributed by atoms with Gasteiger partial charge in [0.05, 0.1) is 5.69 Å². The molecule has 7 amide bonds. The number of piperazine rings is 1. The number of rotatable bonds is 9. The van der Waals surface area contributed by atoms with Crippen LogP contribution in [-0.4, -0.2) is 134 Å². The molecule has 318 valence electrons. The summed E-state index contributed by atoms with van der Waals surface area (Å²) in [6, 6.07) is 6.37. The van der Waals surface area contributed by atoms with E-state index in [2.05, 4.69) is 26.3 Å². The van der Waals surface area contributed by atoms with E-state index < -0.39 is 52.8 Å². The molecule has 0 aliphatic carbocycles. The van der Waals surface area contributed by atoms with Crippen LogP contribution in [0.4, 0.5) is 25.0 Å². The van der Waals surface area contributed by atoms with Crippen LogP contribution in [0.3, 0.4) is 0 Å². The van der Waals surface area contributed by atoms with Gasteiger partial charge in [-0.25, -0.2) is 24.0 Å². The maximum atomic E-state index is 13.6. The van der Waals surface area contributed by atoms with E-state index in [1.54, 1.807) is 89.5 Å². The largest absolute Gasteiger partial charge is 0.465 e. The first kappa shape index (κ1) is 44.8. The van der Waals surface area contributed by atoms with Crippen molar-refractivity contribution in [2.24, 2.45) is 0 Å². The second-order valence-electron chi connectivity index (χ2n) is 16.9. The summed E-state index contributed by atoms with van der Waals surface area (Å²) >= 11 is 0. The fourth-order valence-electron chi connectivity index (χ4n) is 6.51. The van der Waals surface area contributed by atoms with Crippen molar-refractivity contribution in [3.8, 4) is 5.69 Å². The van der Waals surface area contributed by atoms with E-state index in [4.69, 9.17) is 9.47 Å². The van der Waals surface area contributed by atoms with Crippen LogP contribution in [0.1, 0.15) is 80.2 Å². The number of ether oxygens (including phenoxy) is 2. The molecule has 2 fully saturated rings. The van der Waals surface area contributed by atoms with E-state index in [1.807, 2.05) is 0 Å². The summed E-state index contributed by atoms with van der Waals surface area (Å²) in [5.41, 5.74) is -2.17. The first-order valence-electron chi connectivity index (χ1n) is 19.3. The molecule has 19 nitrogen and oxygen atoms in total. The minimum atomic E-state index is -1.34. The molecule has 2 aliphatic heterocycles. The summed E-state index contributed by atoms with van der Waals surface area (Å²) in [6.45, 7) is 15.3. The Bertz CT molecular complexity index is 1880. The van der Waals surface area contributed by atoms with Gasteiger partial charge < -0.3 is 45.2 Å². The Hall–Kier alpha value is -5.88. The molecule has 5 N–H and O–H groups in total. The van der Waals surface area contributed by atoms with Gasteiger partial charge in [-0.05, 0) is 98.4 Å². The Morgan fingerprint density at radius 1 is 0.793 bits per heavy atom. The highest BCUT2D eigenvalue weighted by atomic mass is 16.6. The molecule has 4 rings (SSSR count). The van der Waals surface area contributed by atoms with Crippen molar-refractivity contribution in [1.29, 1.82) is 0 Å². The molecule has 19 heteroatoms. The number of nitrogens with zero attached hydrogens (tertiary/aromatic N) is 5. The fraction of sp³-hybridized carbons (Fsp3) is 0.590. The third kappa shape index (κ3) is 13.4.